The number of aliphatic hydroxyl groups excluding tert-OH is 2. The van der Waals surface area contributed by atoms with Crippen LogP contribution in [0.25, 0.3) is 0 Å². The Morgan fingerprint density at radius 3 is 2.39 bits per heavy atom. The van der Waals surface area contributed by atoms with E-state index < -0.39 is 6.10 Å². The van der Waals surface area contributed by atoms with E-state index in [0.29, 0.717) is 28.5 Å². The van der Waals surface area contributed by atoms with Crippen molar-refractivity contribution in [3.8, 4) is 0 Å². The Hall–Kier alpha value is -1.66. The minimum absolute atomic E-state index is 0.107. The van der Waals surface area contributed by atoms with E-state index in [1.54, 1.807) is 43.5 Å². The van der Waals surface area contributed by atoms with Gasteiger partial charge in [0.25, 0.3) is 0 Å². The number of aromatic nitrogens is 1. The van der Waals surface area contributed by atoms with E-state index in [-0.39, 0.29) is 30.4 Å². The highest BCUT2D eigenvalue weighted by molar-refractivity contribution is 6.30. The summed E-state index contributed by atoms with van der Waals surface area (Å²) in [5.41, 5.74) is 1.45. The van der Waals surface area contributed by atoms with Gasteiger partial charge in [0.15, 0.2) is 0 Å². The van der Waals surface area contributed by atoms with Gasteiger partial charge in [0.2, 0.25) is 5.91 Å². The lowest BCUT2D eigenvalue weighted by atomic mass is 9.83. The molecule has 0 aliphatic heterocycles. The van der Waals surface area contributed by atoms with Crippen LogP contribution >= 0.6 is 23.2 Å². The summed E-state index contributed by atoms with van der Waals surface area (Å²) in [4.78, 5) is 16.7. The molecule has 1 amide bonds. The molecular weight excluding hydrogens is 399 g/mol. The number of nitrogens with zero attached hydrogens (tertiary/aromatic N) is 1. The maximum Gasteiger partial charge on any atom is 0.223 e. The maximum atomic E-state index is 12.5. The minimum Gasteiger partial charge on any atom is -0.394 e. The van der Waals surface area contributed by atoms with Gasteiger partial charge in [-0.2, -0.15) is 0 Å². The number of hydrogen-bond acceptors (Lipinski definition) is 4. The molecule has 1 heterocycles. The fourth-order valence-corrected chi connectivity index (χ4v) is 3.39. The molecule has 0 saturated heterocycles. The second-order valence-electron chi connectivity index (χ2n) is 6.97. The summed E-state index contributed by atoms with van der Waals surface area (Å²) >= 11 is 12.1. The molecule has 0 saturated carbocycles. The van der Waals surface area contributed by atoms with Crippen molar-refractivity contribution in [3.05, 3.63) is 63.9 Å². The zero-order chi connectivity index (χ0) is 20.7. The van der Waals surface area contributed by atoms with Gasteiger partial charge in [0, 0.05) is 29.3 Å². The first-order chi connectivity index (χ1) is 13.3. The molecule has 1 aromatic carbocycles. The van der Waals surface area contributed by atoms with Gasteiger partial charge >= 0.3 is 0 Å². The summed E-state index contributed by atoms with van der Waals surface area (Å²) in [7, 11) is 0. The van der Waals surface area contributed by atoms with Gasteiger partial charge in [-0.05, 0) is 42.2 Å². The summed E-state index contributed by atoms with van der Waals surface area (Å²) in [6, 6.07) is 8.45. The smallest absolute Gasteiger partial charge is 0.223 e. The first-order valence-electron chi connectivity index (χ1n) is 9.30. The van der Waals surface area contributed by atoms with E-state index in [9.17, 15) is 15.0 Å². The second kappa shape index (κ2) is 10.8. The van der Waals surface area contributed by atoms with Crippen LogP contribution in [0.5, 0.6) is 0 Å². The molecule has 0 fully saturated rings. The molecule has 4 unspecified atom stereocenters. The average molecular weight is 425 g/mol. The highest BCUT2D eigenvalue weighted by Crippen LogP contribution is 2.37. The number of pyridine rings is 1. The Morgan fingerprint density at radius 1 is 1.14 bits per heavy atom. The molecule has 5 nitrogen and oxygen atoms in total. The topological polar surface area (TPSA) is 82.5 Å². The maximum absolute atomic E-state index is 12.5. The molecule has 1 aromatic heterocycles. The monoisotopic (exact) mass is 424 g/mol. The van der Waals surface area contributed by atoms with Crippen molar-refractivity contribution in [2.24, 2.45) is 5.92 Å². The number of aliphatic hydroxyl groups is 2. The van der Waals surface area contributed by atoms with Gasteiger partial charge < -0.3 is 15.5 Å². The third-order valence-electron chi connectivity index (χ3n) is 4.86. The van der Waals surface area contributed by atoms with Crippen LogP contribution in [0.1, 0.15) is 49.8 Å². The Bertz CT molecular complexity index is 767. The summed E-state index contributed by atoms with van der Waals surface area (Å²) in [6.45, 7) is 3.60. The van der Waals surface area contributed by atoms with Crippen LogP contribution in [0.3, 0.4) is 0 Å². The van der Waals surface area contributed by atoms with Crippen molar-refractivity contribution in [1.82, 2.24) is 10.3 Å². The molecule has 28 heavy (non-hydrogen) atoms. The highest BCUT2D eigenvalue weighted by Gasteiger charge is 2.28. The SMILES string of the molecule is CCC(CO)NC(=O)C(C)CC(c1cncc(Cl)c1)C(O)c1ccc(Cl)cc1. The summed E-state index contributed by atoms with van der Waals surface area (Å²) in [5, 5.41) is 24.2. The lowest BCUT2D eigenvalue weighted by molar-refractivity contribution is -0.126. The van der Waals surface area contributed by atoms with Crippen molar-refractivity contribution in [2.75, 3.05) is 6.61 Å². The number of rotatable bonds is 9. The molecule has 3 N–H and O–H groups in total. The van der Waals surface area contributed by atoms with Crippen LogP contribution in [0, 0.1) is 5.92 Å². The number of benzene rings is 1. The van der Waals surface area contributed by atoms with E-state index >= 15 is 0 Å². The Balaban J connectivity index is 2.25. The summed E-state index contributed by atoms with van der Waals surface area (Å²) < 4.78 is 0. The average Bonchev–Trinajstić information content (AvgIpc) is 2.69. The van der Waals surface area contributed by atoms with Crippen molar-refractivity contribution >= 4 is 29.1 Å². The van der Waals surface area contributed by atoms with Crippen molar-refractivity contribution < 1.29 is 15.0 Å². The fraction of sp³-hybridized carbons (Fsp3) is 0.429. The number of halogens is 2. The van der Waals surface area contributed by atoms with E-state index in [0.717, 1.165) is 5.56 Å². The van der Waals surface area contributed by atoms with Crippen molar-refractivity contribution in [1.29, 1.82) is 0 Å². The van der Waals surface area contributed by atoms with Gasteiger partial charge in [-0.1, -0.05) is 49.2 Å². The Kier molecular flexibility index (Phi) is 8.70. The van der Waals surface area contributed by atoms with Crippen molar-refractivity contribution in [3.63, 3.8) is 0 Å². The third kappa shape index (κ3) is 6.17. The van der Waals surface area contributed by atoms with Crippen molar-refractivity contribution in [2.45, 2.75) is 44.8 Å². The first-order valence-corrected chi connectivity index (χ1v) is 10.1. The number of nitrogens with one attached hydrogen (secondary N) is 1. The van der Waals surface area contributed by atoms with Gasteiger partial charge in [-0.3, -0.25) is 9.78 Å². The molecule has 0 aliphatic carbocycles. The van der Waals surface area contributed by atoms with Gasteiger partial charge in [0.05, 0.1) is 23.8 Å². The molecular formula is C21H26Cl2N2O3. The lowest BCUT2D eigenvalue weighted by Crippen LogP contribution is -2.40. The zero-order valence-corrected chi connectivity index (χ0v) is 17.5. The van der Waals surface area contributed by atoms with Crippen LogP contribution in [-0.4, -0.2) is 33.8 Å². The predicted octanol–water partition coefficient (Wildman–Crippen LogP) is 4.12. The van der Waals surface area contributed by atoms with Gasteiger partial charge in [-0.15, -0.1) is 0 Å². The van der Waals surface area contributed by atoms with Crippen LogP contribution in [-0.2, 0) is 4.79 Å². The molecule has 2 aromatic rings. The van der Waals surface area contributed by atoms with Gasteiger partial charge in [0.1, 0.15) is 0 Å². The molecule has 0 spiro atoms. The highest BCUT2D eigenvalue weighted by atomic mass is 35.5. The van der Waals surface area contributed by atoms with E-state index in [1.165, 1.54) is 6.20 Å². The molecule has 0 aliphatic rings. The molecule has 0 radical (unpaired) electrons. The lowest BCUT2D eigenvalue weighted by Gasteiger charge is -2.27. The largest absolute Gasteiger partial charge is 0.394 e. The summed E-state index contributed by atoms with van der Waals surface area (Å²) in [5.74, 6) is -0.932. The quantitative estimate of drug-likeness (QED) is 0.565. The van der Waals surface area contributed by atoms with E-state index in [1.807, 2.05) is 6.92 Å². The van der Waals surface area contributed by atoms with Crippen LogP contribution < -0.4 is 5.32 Å². The van der Waals surface area contributed by atoms with Crippen LogP contribution in [0.2, 0.25) is 10.0 Å². The van der Waals surface area contributed by atoms with E-state index in [2.05, 4.69) is 10.3 Å². The molecule has 4 atom stereocenters. The Morgan fingerprint density at radius 2 is 1.82 bits per heavy atom. The number of carbonyl (C=O) groups is 1. The first kappa shape index (κ1) is 22.6. The third-order valence-corrected chi connectivity index (χ3v) is 5.32. The van der Waals surface area contributed by atoms with Crippen LogP contribution in [0.15, 0.2) is 42.7 Å². The fourth-order valence-electron chi connectivity index (χ4n) is 3.08. The van der Waals surface area contributed by atoms with Gasteiger partial charge in [-0.25, -0.2) is 0 Å². The number of carbonyl (C=O) groups excluding carboxylic acids is 1. The second-order valence-corrected chi connectivity index (χ2v) is 7.85. The van der Waals surface area contributed by atoms with Crippen LogP contribution in [0.4, 0.5) is 0 Å². The number of hydrogen-bond donors (Lipinski definition) is 3. The molecule has 2 rings (SSSR count). The Labute approximate surface area is 175 Å². The molecule has 0 bridgehead atoms. The number of amides is 1. The predicted molar refractivity (Wildman–Crippen MR) is 111 cm³/mol. The molecule has 152 valence electrons. The van der Waals surface area contributed by atoms with E-state index in [4.69, 9.17) is 23.2 Å². The molecule has 7 heteroatoms. The summed E-state index contributed by atoms with van der Waals surface area (Å²) in [6.07, 6.45) is 3.36. The standard InChI is InChI=1S/C21H26Cl2N2O3/c1-3-18(12-26)25-21(28)13(2)8-19(15-9-17(23)11-24-10-15)20(27)14-4-6-16(22)7-5-14/h4-7,9-11,13,18-20,26-27H,3,8,12H2,1-2H3,(H,25,28). The normalized spacial score (nSPS) is 15.5. The minimum atomic E-state index is -0.854. The zero-order valence-electron chi connectivity index (χ0n) is 16.0.